The Morgan fingerprint density at radius 3 is 1.35 bits per heavy atom. The van der Waals surface area contributed by atoms with Gasteiger partial charge in [-0.05, 0) is 0 Å². The second-order valence-electron chi connectivity index (χ2n) is 3.37. The Morgan fingerprint density at radius 1 is 0.850 bits per heavy atom. The second-order valence-corrected chi connectivity index (χ2v) is 5.92. The molecule has 0 radical (unpaired) electrons. The largest absolute Gasteiger partial charge is 0.480 e. The Labute approximate surface area is 121 Å². The van der Waals surface area contributed by atoms with Crippen LogP contribution in [0.1, 0.15) is 0 Å². The number of nitrogens with two attached hydrogens (primary N) is 2. The summed E-state index contributed by atoms with van der Waals surface area (Å²) >= 11 is 0. The smallest absolute Gasteiger partial charge is 0.327 e. The molecule has 0 unspecified atom stereocenters. The van der Waals surface area contributed by atoms with Crippen LogP contribution in [-0.2, 0) is 9.59 Å². The number of carboxylic acids is 2. The highest BCUT2D eigenvalue weighted by molar-refractivity contribution is 8.76. The zero-order valence-corrected chi connectivity index (χ0v) is 11.7. The summed E-state index contributed by atoms with van der Waals surface area (Å²) in [5, 5.41) is 21.6. The third-order valence-corrected chi connectivity index (χ3v) is 4.20. The van der Waals surface area contributed by atoms with Crippen molar-refractivity contribution in [2.75, 3.05) is 11.5 Å². The van der Waals surface area contributed by atoms with Gasteiger partial charge in [0.15, 0.2) is 0 Å². The van der Waals surface area contributed by atoms with Gasteiger partial charge in [0, 0.05) is 11.5 Å². The molecule has 8 N–H and O–H groups in total. The molecule has 12 heteroatoms. The van der Waals surface area contributed by atoms with E-state index in [0.717, 1.165) is 21.6 Å². The number of hydrogen-bond donors (Lipinski definition) is 6. The van der Waals surface area contributed by atoms with Gasteiger partial charge in [0.05, 0.1) is 0 Å². The molecule has 0 saturated carbocycles. The van der Waals surface area contributed by atoms with Crippen molar-refractivity contribution < 1.29 is 29.4 Å². The van der Waals surface area contributed by atoms with Crippen molar-refractivity contribution in [2.24, 2.45) is 11.5 Å². The van der Waals surface area contributed by atoms with Crippen molar-refractivity contribution in [3.05, 3.63) is 0 Å². The van der Waals surface area contributed by atoms with Crippen LogP contribution in [-0.4, -0.2) is 57.8 Å². The van der Waals surface area contributed by atoms with E-state index in [0.29, 0.717) is 0 Å². The molecular weight excluding hydrogens is 312 g/mol. The summed E-state index contributed by atoms with van der Waals surface area (Å²) in [6.07, 6.45) is 0. The maximum absolute atomic E-state index is 10.8. The molecule has 0 aromatic heterocycles. The maximum atomic E-state index is 10.8. The van der Waals surface area contributed by atoms with Crippen molar-refractivity contribution in [3.63, 3.8) is 0 Å². The van der Waals surface area contributed by atoms with E-state index in [2.05, 4.69) is 0 Å². The van der Waals surface area contributed by atoms with Gasteiger partial charge in [0.2, 0.25) is 0 Å². The fraction of sp³-hybridized carbons (Fsp3) is 0.500. The van der Waals surface area contributed by atoms with Crippen LogP contribution in [0.5, 0.6) is 0 Å². The minimum atomic E-state index is -1.26. The third kappa shape index (κ3) is 8.31. The van der Waals surface area contributed by atoms with Crippen LogP contribution < -0.4 is 22.1 Å². The molecule has 0 rings (SSSR count). The predicted octanol–water partition coefficient (Wildman–Crippen LogP) is -1.39. The monoisotopic (exact) mass is 326 g/mol. The first kappa shape index (κ1) is 18.2. The molecule has 10 nitrogen and oxygen atoms in total. The number of rotatable bonds is 9. The van der Waals surface area contributed by atoms with Gasteiger partial charge >= 0.3 is 24.0 Å². The first-order chi connectivity index (χ1) is 9.23. The average Bonchev–Trinajstić information content (AvgIpc) is 2.29. The number of primary amides is 2. The van der Waals surface area contributed by atoms with Gasteiger partial charge in [-0.3, -0.25) is 0 Å². The molecule has 0 aliphatic rings. The summed E-state index contributed by atoms with van der Waals surface area (Å²) in [7, 11) is 2.03. The van der Waals surface area contributed by atoms with E-state index < -0.39 is 36.1 Å². The van der Waals surface area contributed by atoms with E-state index in [1.54, 1.807) is 0 Å². The Morgan fingerprint density at radius 2 is 1.15 bits per heavy atom. The van der Waals surface area contributed by atoms with Gasteiger partial charge < -0.3 is 32.3 Å². The van der Waals surface area contributed by atoms with Crippen LogP contribution in [0.15, 0.2) is 0 Å². The highest BCUT2D eigenvalue weighted by atomic mass is 33.1. The lowest BCUT2D eigenvalue weighted by Crippen LogP contribution is -2.45. The number of nitrogens with one attached hydrogen (secondary N) is 2. The molecule has 0 saturated heterocycles. The Balaban J connectivity index is 4.13. The number of hydrogen-bond acceptors (Lipinski definition) is 6. The minimum Gasteiger partial charge on any atom is -0.480 e. The fourth-order valence-electron chi connectivity index (χ4n) is 0.925. The van der Waals surface area contributed by atoms with Gasteiger partial charge in [0.1, 0.15) is 12.1 Å². The van der Waals surface area contributed by atoms with Crippen LogP contribution in [0.25, 0.3) is 0 Å². The fourth-order valence-corrected chi connectivity index (χ4v) is 3.24. The molecule has 0 spiro atoms. The van der Waals surface area contributed by atoms with E-state index in [9.17, 15) is 19.2 Å². The van der Waals surface area contributed by atoms with E-state index in [1.165, 1.54) is 0 Å². The average molecular weight is 326 g/mol. The van der Waals surface area contributed by atoms with Gasteiger partial charge in [-0.25, -0.2) is 19.2 Å². The Bertz CT molecular complexity index is 357. The number of urea groups is 2. The summed E-state index contributed by atoms with van der Waals surface area (Å²) < 4.78 is 0. The molecule has 2 atom stereocenters. The molecule has 4 amide bonds. The standard InChI is InChI=1S/C8H14N4O6S2/c9-7(17)11-3(5(13)14)1-19-20-2-4(6(15)16)12-8(10)18/h3-4H,1-2H2,(H,13,14)(H,15,16)(H3,9,11,17)(H3,10,12,18)/t3-,4-/m1/s1. The van der Waals surface area contributed by atoms with Crippen LogP contribution in [0, 0.1) is 0 Å². The summed E-state index contributed by atoms with van der Waals surface area (Å²) in [5.41, 5.74) is 9.62. The van der Waals surface area contributed by atoms with Crippen molar-refractivity contribution in [3.8, 4) is 0 Å². The number of carbonyl (C=O) groups is 4. The first-order valence-corrected chi connectivity index (χ1v) is 7.54. The number of carbonyl (C=O) groups excluding carboxylic acids is 2. The van der Waals surface area contributed by atoms with E-state index >= 15 is 0 Å². The summed E-state index contributed by atoms with van der Waals surface area (Å²) in [6.45, 7) is 0. The number of carboxylic acid groups (broad SMARTS) is 2. The van der Waals surface area contributed by atoms with Gasteiger partial charge in [0.25, 0.3) is 0 Å². The third-order valence-electron chi connectivity index (χ3n) is 1.78. The first-order valence-electron chi connectivity index (χ1n) is 5.06. The predicted molar refractivity (Wildman–Crippen MR) is 73.2 cm³/mol. The lowest BCUT2D eigenvalue weighted by Gasteiger charge is -2.14. The zero-order chi connectivity index (χ0) is 15.7. The normalized spacial score (nSPS) is 13.0. The summed E-state index contributed by atoms with van der Waals surface area (Å²) in [4.78, 5) is 42.6. The van der Waals surface area contributed by atoms with Crippen LogP contribution >= 0.6 is 21.6 Å². The lowest BCUT2D eigenvalue weighted by molar-refractivity contribution is -0.139. The quantitative estimate of drug-likeness (QED) is 0.221. The number of amides is 4. The highest BCUT2D eigenvalue weighted by Gasteiger charge is 2.21. The van der Waals surface area contributed by atoms with Crippen molar-refractivity contribution in [1.82, 2.24) is 10.6 Å². The molecule has 0 heterocycles. The Kier molecular flexibility index (Phi) is 8.31. The molecule has 0 aliphatic heterocycles. The topological polar surface area (TPSA) is 185 Å². The maximum Gasteiger partial charge on any atom is 0.327 e. The zero-order valence-electron chi connectivity index (χ0n) is 10.1. The SMILES string of the molecule is NC(=O)N[C@H](CSSC[C@@H](NC(N)=O)C(=O)O)C(=O)O. The molecule has 0 aliphatic carbocycles. The van der Waals surface area contributed by atoms with Gasteiger partial charge in [-0.2, -0.15) is 0 Å². The van der Waals surface area contributed by atoms with Crippen molar-refractivity contribution >= 4 is 45.6 Å². The van der Waals surface area contributed by atoms with Gasteiger partial charge in [-0.15, -0.1) is 0 Å². The summed E-state index contributed by atoms with van der Waals surface area (Å²) in [5.74, 6) is -2.57. The molecule has 114 valence electrons. The van der Waals surface area contributed by atoms with E-state index in [4.69, 9.17) is 21.7 Å². The second kappa shape index (κ2) is 9.14. The van der Waals surface area contributed by atoms with Crippen LogP contribution in [0.3, 0.4) is 0 Å². The molecule has 0 bridgehead atoms. The van der Waals surface area contributed by atoms with Crippen molar-refractivity contribution in [2.45, 2.75) is 12.1 Å². The minimum absolute atomic E-state index is 0.0220. The lowest BCUT2D eigenvalue weighted by atomic mass is 10.3. The van der Waals surface area contributed by atoms with E-state index in [1.807, 2.05) is 10.6 Å². The molecule has 0 fully saturated rings. The van der Waals surface area contributed by atoms with Crippen molar-refractivity contribution in [1.29, 1.82) is 0 Å². The molecule has 0 aromatic carbocycles. The molecular formula is C8H14N4O6S2. The van der Waals surface area contributed by atoms with Gasteiger partial charge in [-0.1, -0.05) is 21.6 Å². The summed E-state index contributed by atoms with van der Waals surface area (Å²) in [6, 6.07) is -4.31. The number of aliphatic carboxylic acids is 2. The highest BCUT2D eigenvalue weighted by Crippen LogP contribution is 2.23. The molecule has 20 heavy (non-hydrogen) atoms. The molecule has 0 aromatic rings. The Hall–Kier alpha value is -1.82. The van der Waals surface area contributed by atoms with Crippen LogP contribution in [0.4, 0.5) is 9.59 Å². The van der Waals surface area contributed by atoms with E-state index in [-0.39, 0.29) is 11.5 Å². The van der Waals surface area contributed by atoms with Crippen LogP contribution in [0.2, 0.25) is 0 Å².